The molecule has 1 nitrogen and oxygen atoms in total. The molecule has 0 aliphatic heterocycles. The molecule has 1 aromatic carbocycles. The molecule has 0 aliphatic carbocycles. The van der Waals surface area contributed by atoms with E-state index in [4.69, 9.17) is 0 Å². The third-order valence-corrected chi connectivity index (χ3v) is 1.80. The summed E-state index contributed by atoms with van der Waals surface area (Å²) in [4.78, 5) is 3.91. The van der Waals surface area contributed by atoms with Gasteiger partial charge in [-0.2, -0.15) is 4.99 Å². The van der Waals surface area contributed by atoms with Crippen LogP contribution in [-0.2, 0) is 0 Å². The number of hydrogen-bond acceptors (Lipinski definition) is 2. The summed E-state index contributed by atoms with van der Waals surface area (Å²) in [6.07, 6.45) is 0. The summed E-state index contributed by atoms with van der Waals surface area (Å²) in [5.74, 6) is 0.533. The fourth-order valence-corrected chi connectivity index (χ4v) is 1.11. The Kier molecular flexibility index (Phi) is 3.15. The normalized spacial score (nSPS) is 9.58. The van der Waals surface area contributed by atoms with E-state index in [0.717, 1.165) is 5.69 Å². The lowest BCUT2D eigenvalue weighted by atomic mass is 10.0. The first-order valence-electron chi connectivity index (χ1n) is 3.92. The van der Waals surface area contributed by atoms with E-state index in [0.29, 0.717) is 5.92 Å². The summed E-state index contributed by atoms with van der Waals surface area (Å²) in [7, 11) is 0. The molecule has 1 aromatic rings. The molecule has 62 valence electrons. The second kappa shape index (κ2) is 4.15. The molecule has 0 aromatic heterocycles. The molecule has 0 atom stereocenters. The van der Waals surface area contributed by atoms with Crippen LogP contribution in [0.3, 0.4) is 0 Å². The van der Waals surface area contributed by atoms with Crippen molar-refractivity contribution in [2.75, 3.05) is 0 Å². The molecule has 1 rings (SSSR count). The monoisotopic (exact) mass is 177 g/mol. The van der Waals surface area contributed by atoms with E-state index in [1.54, 1.807) is 0 Å². The Labute approximate surface area is 78.1 Å². The predicted molar refractivity (Wildman–Crippen MR) is 55.2 cm³/mol. The quantitative estimate of drug-likeness (QED) is 0.497. The van der Waals surface area contributed by atoms with Crippen LogP contribution in [-0.4, -0.2) is 5.16 Å². The highest BCUT2D eigenvalue weighted by atomic mass is 32.1. The average Bonchev–Trinajstić information content (AvgIpc) is 2.05. The minimum atomic E-state index is 0.533. The zero-order valence-electron chi connectivity index (χ0n) is 7.24. The van der Waals surface area contributed by atoms with Crippen LogP contribution in [0.5, 0.6) is 0 Å². The van der Waals surface area contributed by atoms with Gasteiger partial charge in [-0.05, 0) is 35.8 Å². The Morgan fingerprint density at radius 3 is 2.75 bits per heavy atom. The van der Waals surface area contributed by atoms with Crippen LogP contribution in [0.1, 0.15) is 25.3 Å². The molecule has 2 heteroatoms. The van der Waals surface area contributed by atoms with Crippen molar-refractivity contribution in [1.82, 2.24) is 0 Å². The van der Waals surface area contributed by atoms with Crippen LogP contribution in [0.2, 0.25) is 0 Å². The third kappa shape index (κ3) is 2.26. The number of thiocarbonyl (C=S) groups is 1. The number of aliphatic imine (C=N–C) groups is 1. The number of isothiocyanates is 1. The fourth-order valence-electron chi connectivity index (χ4n) is 1.01. The van der Waals surface area contributed by atoms with E-state index in [2.05, 4.69) is 42.3 Å². The number of hydrogen-bond donors (Lipinski definition) is 0. The van der Waals surface area contributed by atoms with Gasteiger partial charge in [0.1, 0.15) is 0 Å². The molecular formula is C10H11NS. The van der Waals surface area contributed by atoms with E-state index in [9.17, 15) is 0 Å². The molecule has 0 saturated heterocycles. The lowest BCUT2D eigenvalue weighted by Gasteiger charge is -2.04. The molecule has 0 fully saturated rings. The van der Waals surface area contributed by atoms with Gasteiger partial charge in [0.15, 0.2) is 0 Å². The highest BCUT2D eigenvalue weighted by Gasteiger charge is 1.98. The summed E-state index contributed by atoms with van der Waals surface area (Å²) in [6.45, 7) is 4.31. The van der Waals surface area contributed by atoms with Crippen molar-refractivity contribution >= 4 is 23.1 Å². The van der Waals surface area contributed by atoms with Gasteiger partial charge in [-0.3, -0.25) is 0 Å². The maximum atomic E-state index is 4.53. The molecule has 0 heterocycles. The highest BCUT2D eigenvalue weighted by molar-refractivity contribution is 7.78. The molecule has 0 spiro atoms. The molecule has 12 heavy (non-hydrogen) atoms. The van der Waals surface area contributed by atoms with Crippen LogP contribution in [0.25, 0.3) is 0 Å². The van der Waals surface area contributed by atoms with Gasteiger partial charge in [-0.25, -0.2) is 0 Å². The standard InChI is InChI=1S/C10H11NS/c1-8(2)9-4-3-5-10(6-9)11-7-12/h3-6,8H,1-2H3. The minimum absolute atomic E-state index is 0.533. The van der Waals surface area contributed by atoms with Gasteiger partial charge in [0, 0.05) is 0 Å². The van der Waals surface area contributed by atoms with Crippen molar-refractivity contribution in [1.29, 1.82) is 0 Å². The first-order chi connectivity index (χ1) is 5.74. The van der Waals surface area contributed by atoms with Crippen LogP contribution < -0.4 is 0 Å². The molecule has 0 N–H and O–H groups in total. The van der Waals surface area contributed by atoms with Gasteiger partial charge in [0.05, 0.1) is 10.8 Å². The van der Waals surface area contributed by atoms with Crippen LogP contribution in [0.15, 0.2) is 29.3 Å². The Balaban J connectivity index is 3.03. The maximum absolute atomic E-state index is 4.53. The Bertz CT molecular complexity index is 311. The second-order valence-electron chi connectivity index (χ2n) is 2.95. The van der Waals surface area contributed by atoms with E-state index in [1.165, 1.54) is 5.56 Å². The first kappa shape index (κ1) is 9.11. The molecular weight excluding hydrogens is 166 g/mol. The molecule has 0 saturated carbocycles. The van der Waals surface area contributed by atoms with E-state index in [1.807, 2.05) is 18.2 Å². The third-order valence-electron chi connectivity index (χ3n) is 1.71. The van der Waals surface area contributed by atoms with Gasteiger partial charge < -0.3 is 0 Å². The number of benzene rings is 1. The van der Waals surface area contributed by atoms with Gasteiger partial charge in [0.25, 0.3) is 0 Å². The molecule has 0 bridgehead atoms. The topological polar surface area (TPSA) is 12.4 Å². The zero-order valence-corrected chi connectivity index (χ0v) is 8.06. The van der Waals surface area contributed by atoms with Crippen molar-refractivity contribution in [3.8, 4) is 0 Å². The second-order valence-corrected chi connectivity index (χ2v) is 3.14. The van der Waals surface area contributed by atoms with Gasteiger partial charge in [-0.15, -0.1) is 0 Å². The van der Waals surface area contributed by atoms with E-state index >= 15 is 0 Å². The molecule has 0 unspecified atom stereocenters. The van der Waals surface area contributed by atoms with Crippen molar-refractivity contribution in [2.24, 2.45) is 4.99 Å². The fraction of sp³-hybridized carbons (Fsp3) is 0.300. The van der Waals surface area contributed by atoms with Crippen molar-refractivity contribution < 1.29 is 0 Å². The Hall–Kier alpha value is -0.980. The first-order valence-corrected chi connectivity index (χ1v) is 4.32. The van der Waals surface area contributed by atoms with Crippen molar-refractivity contribution in [2.45, 2.75) is 19.8 Å². The molecule has 0 aliphatic rings. The number of nitrogens with zero attached hydrogens (tertiary/aromatic N) is 1. The smallest absolute Gasteiger partial charge is 0.0742 e. The molecule has 0 radical (unpaired) electrons. The van der Waals surface area contributed by atoms with Gasteiger partial charge >= 0.3 is 0 Å². The highest BCUT2D eigenvalue weighted by Crippen LogP contribution is 2.19. The van der Waals surface area contributed by atoms with E-state index < -0.39 is 0 Å². The lowest BCUT2D eigenvalue weighted by molar-refractivity contribution is 0.867. The van der Waals surface area contributed by atoms with E-state index in [-0.39, 0.29) is 0 Å². The summed E-state index contributed by atoms with van der Waals surface area (Å²) < 4.78 is 0. The summed E-state index contributed by atoms with van der Waals surface area (Å²) >= 11 is 4.53. The van der Waals surface area contributed by atoms with Gasteiger partial charge in [0.2, 0.25) is 0 Å². The summed E-state index contributed by atoms with van der Waals surface area (Å²) in [5.41, 5.74) is 2.16. The SMILES string of the molecule is CC(C)c1cccc(N=C=S)c1. The largest absolute Gasteiger partial charge is 0.195 e. The summed E-state index contributed by atoms with van der Waals surface area (Å²) in [5, 5.41) is 2.36. The van der Waals surface area contributed by atoms with Crippen molar-refractivity contribution in [3.05, 3.63) is 29.8 Å². The Morgan fingerprint density at radius 2 is 2.17 bits per heavy atom. The Morgan fingerprint density at radius 1 is 1.42 bits per heavy atom. The number of rotatable bonds is 2. The van der Waals surface area contributed by atoms with Crippen molar-refractivity contribution in [3.63, 3.8) is 0 Å². The average molecular weight is 177 g/mol. The zero-order chi connectivity index (χ0) is 8.97. The van der Waals surface area contributed by atoms with Crippen LogP contribution in [0, 0.1) is 0 Å². The predicted octanol–water partition coefficient (Wildman–Crippen LogP) is 3.54. The lowest BCUT2D eigenvalue weighted by Crippen LogP contribution is -1.84. The van der Waals surface area contributed by atoms with Crippen LogP contribution >= 0.6 is 12.2 Å². The van der Waals surface area contributed by atoms with Gasteiger partial charge in [-0.1, -0.05) is 26.0 Å². The maximum Gasteiger partial charge on any atom is 0.0742 e. The molecule has 0 amide bonds. The minimum Gasteiger partial charge on any atom is -0.195 e. The summed E-state index contributed by atoms with van der Waals surface area (Å²) in [6, 6.07) is 8.03. The van der Waals surface area contributed by atoms with Crippen LogP contribution in [0.4, 0.5) is 5.69 Å².